The van der Waals surface area contributed by atoms with E-state index in [9.17, 15) is 13.2 Å². The minimum Gasteiger partial charge on any atom is -0.741 e. The molecule has 0 bridgehead atoms. The maximum atomic E-state index is 10.7. The third-order valence-electron chi connectivity index (χ3n) is 5.41. The molecule has 0 aliphatic heterocycles. The normalized spacial score (nSPS) is 15.1. The van der Waals surface area contributed by atoms with Crippen LogP contribution in [0.3, 0.4) is 0 Å². The Morgan fingerprint density at radius 1 is 1.03 bits per heavy atom. The van der Waals surface area contributed by atoms with Crippen LogP contribution in [0.25, 0.3) is 21.8 Å². The van der Waals surface area contributed by atoms with Crippen molar-refractivity contribution < 1.29 is 35.4 Å². The molecule has 1 aliphatic carbocycles. The molecule has 1 heterocycles. The van der Waals surface area contributed by atoms with Gasteiger partial charge in [0.05, 0.1) is 16.5 Å². The average molecular weight is 501 g/mol. The zero-order valence-electron chi connectivity index (χ0n) is 17.8. The van der Waals surface area contributed by atoms with E-state index in [0.29, 0.717) is 5.17 Å². The van der Waals surface area contributed by atoms with E-state index in [1.165, 1.54) is 30.3 Å². The highest BCUT2D eigenvalue weighted by Crippen LogP contribution is 2.30. The Balaban J connectivity index is 0.000000331. The van der Waals surface area contributed by atoms with E-state index < -0.39 is 15.6 Å². The van der Waals surface area contributed by atoms with Gasteiger partial charge in [0, 0.05) is 12.1 Å². The number of anilines is 1. The predicted molar refractivity (Wildman–Crippen MR) is 123 cm³/mol. The summed E-state index contributed by atoms with van der Waals surface area (Å²) in [7, 11) is -3.99. The quantitative estimate of drug-likeness (QED) is 0.177. The Hall–Kier alpha value is -2.50. The Kier molecular flexibility index (Phi) is 7.76. The van der Waals surface area contributed by atoms with Gasteiger partial charge in [-0.05, 0) is 50.0 Å². The number of rotatable bonds is 2. The van der Waals surface area contributed by atoms with Gasteiger partial charge in [-0.2, -0.15) is 17.7 Å². The number of ether oxygens (including phenoxy) is 1. The minimum atomic E-state index is -6.09. The second-order valence-electron chi connectivity index (χ2n) is 7.66. The molecule has 0 atom stereocenters. The van der Waals surface area contributed by atoms with E-state index in [-0.39, 0.29) is 6.10 Å². The predicted octanol–water partition coefficient (Wildman–Crippen LogP) is 4.92. The molecule has 3 aromatic rings. The van der Waals surface area contributed by atoms with Crippen molar-refractivity contribution in [3.05, 3.63) is 48.5 Å². The molecular weight excluding hydrogens is 477 g/mol. The number of nitrogens with one attached hydrogen (secondary N) is 1. The number of fused-ring (bicyclic) bond motifs is 2. The molecule has 178 valence electrons. The molecule has 4 rings (SSSR count). The van der Waals surface area contributed by atoms with Crippen LogP contribution >= 0.6 is 12.2 Å². The molecule has 0 saturated heterocycles. The lowest BCUT2D eigenvalue weighted by atomic mass is 9.98. The largest absolute Gasteiger partial charge is 0.741 e. The fourth-order valence-corrected chi connectivity index (χ4v) is 4.07. The molecule has 11 heteroatoms. The lowest BCUT2D eigenvalue weighted by Crippen LogP contribution is -2.31. The van der Waals surface area contributed by atoms with E-state index in [2.05, 4.69) is 65.5 Å². The van der Waals surface area contributed by atoms with Crippen LogP contribution in [-0.2, 0) is 21.9 Å². The second kappa shape index (κ2) is 10.2. The minimum absolute atomic E-state index is 0.256. The van der Waals surface area contributed by atoms with Gasteiger partial charge in [-0.25, -0.2) is 8.42 Å². The van der Waals surface area contributed by atoms with E-state index in [4.69, 9.17) is 29.9 Å². The molecule has 1 aromatic heterocycles. The van der Waals surface area contributed by atoms with E-state index in [1.807, 2.05) is 0 Å². The summed E-state index contributed by atoms with van der Waals surface area (Å²) in [6.07, 6.45) is 6.25. The summed E-state index contributed by atoms with van der Waals surface area (Å²) >= 11 is 5.54. The van der Waals surface area contributed by atoms with Crippen molar-refractivity contribution in [3.63, 3.8) is 0 Å². The summed E-state index contributed by atoms with van der Waals surface area (Å²) in [5, 5.41) is 6.18. The van der Waals surface area contributed by atoms with E-state index >= 15 is 0 Å². The topological polar surface area (TPSA) is 82.3 Å². The lowest BCUT2D eigenvalue weighted by molar-refractivity contribution is -0.617. The molecule has 0 unspecified atom stereocenters. The van der Waals surface area contributed by atoms with Gasteiger partial charge in [-0.15, -0.1) is 0 Å². The molecule has 1 fully saturated rings. The standard InChI is InChI=1S/C21H22N2OS.CHF3O3S/c1-23-18-13-7-5-11-16(18)20(17-12-6-8-14-19(17)23)22-21(25)24-15-9-3-2-4-10-15;2-1(3,4)8(5,6)7/h5-8,11-15H,2-4,9-10H2,1H3;(H,5,6,7). The molecular formula is C22H23F3N2O4S2. The van der Waals surface area contributed by atoms with Crippen LogP contribution in [0.1, 0.15) is 32.1 Å². The first-order chi connectivity index (χ1) is 15.5. The number of hydrogen-bond donors (Lipinski definition) is 1. The summed E-state index contributed by atoms with van der Waals surface area (Å²) in [6.45, 7) is 0. The molecule has 6 nitrogen and oxygen atoms in total. The van der Waals surface area contributed by atoms with Crippen LogP contribution in [0.2, 0.25) is 0 Å². The van der Waals surface area contributed by atoms with E-state index in [1.54, 1.807) is 0 Å². The number of aromatic nitrogens is 1. The summed E-state index contributed by atoms with van der Waals surface area (Å²) in [5.74, 6) is 0. The average Bonchev–Trinajstić information content (AvgIpc) is 2.76. The fourth-order valence-electron chi connectivity index (χ4n) is 3.83. The fraction of sp³-hybridized carbons (Fsp3) is 0.364. The molecule has 1 N–H and O–H groups in total. The maximum absolute atomic E-state index is 10.7. The number of halogens is 3. The zero-order chi connectivity index (χ0) is 24.2. The zero-order valence-corrected chi connectivity index (χ0v) is 19.4. The van der Waals surface area contributed by atoms with Crippen LogP contribution in [0.5, 0.6) is 0 Å². The Labute approximate surface area is 195 Å². The van der Waals surface area contributed by atoms with Crippen molar-refractivity contribution in [1.82, 2.24) is 0 Å². The van der Waals surface area contributed by atoms with Crippen molar-refractivity contribution in [2.24, 2.45) is 7.05 Å². The van der Waals surface area contributed by atoms with Crippen molar-refractivity contribution in [1.29, 1.82) is 0 Å². The smallest absolute Gasteiger partial charge is 0.485 e. The number of pyridine rings is 1. The van der Waals surface area contributed by atoms with Gasteiger partial charge in [-0.3, -0.25) is 0 Å². The third-order valence-corrected chi connectivity index (χ3v) is 6.17. The first-order valence-electron chi connectivity index (χ1n) is 10.3. The molecule has 33 heavy (non-hydrogen) atoms. The van der Waals surface area contributed by atoms with Gasteiger partial charge in [0.2, 0.25) is 11.0 Å². The highest BCUT2D eigenvalue weighted by atomic mass is 32.2. The summed E-state index contributed by atoms with van der Waals surface area (Å²) in [6, 6.07) is 16.8. The Morgan fingerprint density at radius 3 is 1.94 bits per heavy atom. The van der Waals surface area contributed by atoms with Crippen molar-refractivity contribution in [2.75, 3.05) is 5.32 Å². The van der Waals surface area contributed by atoms with Crippen LogP contribution in [0.15, 0.2) is 48.5 Å². The SMILES string of the molecule is C[n+]1c2ccccc2c(NC(=S)OC2CCCCC2)c2ccccc21.O=S(=O)([O-])C(F)(F)F. The highest BCUT2D eigenvalue weighted by Gasteiger charge is 2.36. The first-order valence-corrected chi connectivity index (χ1v) is 12.1. The number of hydrogen-bond acceptors (Lipinski definition) is 5. The monoisotopic (exact) mass is 500 g/mol. The molecule has 0 radical (unpaired) electrons. The third kappa shape index (κ3) is 6.10. The highest BCUT2D eigenvalue weighted by molar-refractivity contribution is 7.86. The number of nitrogens with zero attached hydrogens (tertiary/aromatic N) is 1. The summed E-state index contributed by atoms with van der Waals surface area (Å²) < 4.78 is 67.2. The summed E-state index contributed by atoms with van der Waals surface area (Å²) in [5.41, 5.74) is -2.27. The van der Waals surface area contributed by atoms with Gasteiger partial charge in [0.1, 0.15) is 13.2 Å². The molecule has 1 saturated carbocycles. The Bertz CT molecular complexity index is 1200. The van der Waals surface area contributed by atoms with Crippen LogP contribution in [0.4, 0.5) is 18.9 Å². The number of aryl methyl sites for hydroxylation is 1. The van der Waals surface area contributed by atoms with Crippen molar-refractivity contribution in [3.8, 4) is 0 Å². The van der Waals surface area contributed by atoms with Crippen LogP contribution in [-0.4, -0.2) is 29.8 Å². The molecule has 1 aliphatic rings. The molecule has 0 spiro atoms. The Morgan fingerprint density at radius 2 is 1.48 bits per heavy atom. The summed E-state index contributed by atoms with van der Waals surface area (Å²) in [4.78, 5) is 0. The van der Waals surface area contributed by atoms with Crippen molar-refractivity contribution in [2.45, 2.75) is 43.7 Å². The van der Waals surface area contributed by atoms with Gasteiger partial charge in [0.25, 0.3) is 5.17 Å². The van der Waals surface area contributed by atoms with Crippen LogP contribution < -0.4 is 9.88 Å². The lowest BCUT2D eigenvalue weighted by Gasteiger charge is -2.23. The number of benzene rings is 2. The van der Waals surface area contributed by atoms with Crippen molar-refractivity contribution >= 4 is 55.0 Å². The van der Waals surface area contributed by atoms with E-state index in [0.717, 1.165) is 29.3 Å². The number of para-hydroxylation sites is 2. The molecule has 2 aromatic carbocycles. The first kappa shape index (κ1) is 25.1. The number of alkyl halides is 3. The van der Waals surface area contributed by atoms with Gasteiger partial charge < -0.3 is 14.6 Å². The molecule has 0 amide bonds. The second-order valence-corrected chi connectivity index (χ2v) is 9.40. The maximum Gasteiger partial charge on any atom is 0.485 e. The van der Waals surface area contributed by atoms with Gasteiger partial charge in [0.15, 0.2) is 10.1 Å². The van der Waals surface area contributed by atoms with Gasteiger partial charge in [-0.1, -0.05) is 30.7 Å². The van der Waals surface area contributed by atoms with Gasteiger partial charge >= 0.3 is 5.51 Å². The number of thiocarbonyl (C=S) groups is 1. The van der Waals surface area contributed by atoms with Crippen LogP contribution in [0, 0.1) is 0 Å².